The molecule has 0 amide bonds. The fourth-order valence-electron chi connectivity index (χ4n) is 1.66. The summed E-state index contributed by atoms with van der Waals surface area (Å²) in [5, 5.41) is 2.55. The van der Waals surface area contributed by atoms with E-state index in [4.69, 9.17) is 0 Å². The summed E-state index contributed by atoms with van der Waals surface area (Å²) in [6.07, 6.45) is 4.13. The summed E-state index contributed by atoms with van der Waals surface area (Å²) in [4.78, 5) is 2.03. The number of nitrogens with zero attached hydrogens (tertiary/aromatic N) is 1. The van der Waals surface area contributed by atoms with Crippen molar-refractivity contribution < 1.29 is 0 Å². The van der Waals surface area contributed by atoms with Gasteiger partial charge in [0.2, 0.25) is 0 Å². The van der Waals surface area contributed by atoms with Crippen LogP contribution in [0.4, 0.5) is 0 Å². The van der Waals surface area contributed by atoms with Gasteiger partial charge >= 0.3 is 110 Å². The number of allylic oxidation sites excluding steroid dienone is 1. The van der Waals surface area contributed by atoms with Gasteiger partial charge in [-0.2, -0.15) is 0 Å². The van der Waals surface area contributed by atoms with Crippen molar-refractivity contribution in [2.75, 3.05) is 14.1 Å². The van der Waals surface area contributed by atoms with Crippen LogP contribution in [0.3, 0.4) is 0 Å². The summed E-state index contributed by atoms with van der Waals surface area (Å²) in [5.41, 5.74) is 1.22. The Morgan fingerprint density at radius 3 is 2.47 bits per heavy atom. The van der Waals surface area contributed by atoms with Crippen LogP contribution in [-0.4, -0.2) is 39.0 Å². The van der Waals surface area contributed by atoms with Crippen LogP contribution < -0.4 is 0 Å². The molecule has 2 aromatic rings. The molecule has 0 bridgehead atoms. The Bertz CT molecular complexity index is 570. The van der Waals surface area contributed by atoms with Crippen molar-refractivity contribution in [3.05, 3.63) is 60.3 Å². The Morgan fingerprint density at radius 1 is 1.06 bits per heavy atom. The van der Waals surface area contributed by atoms with E-state index in [-0.39, 0.29) is 0 Å². The molecule has 2 aromatic carbocycles. The van der Waals surface area contributed by atoms with Gasteiger partial charge in [-0.1, -0.05) is 0 Å². The monoisotopic (exact) mass is 289 g/mol. The minimum absolute atomic E-state index is 1.16. The number of fused-ring (bicyclic) bond motifs is 1. The minimum atomic E-state index is 1.16. The molecule has 0 radical (unpaired) electrons. The SMILES string of the molecule is CN(C)/C=C/C(=[Se])c1ccc2ccccc2c1. The van der Waals surface area contributed by atoms with Crippen LogP contribution in [0.5, 0.6) is 0 Å². The Labute approximate surface area is 110 Å². The first kappa shape index (κ1) is 12.1. The van der Waals surface area contributed by atoms with Crippen LogP contribution >= 0.6 is 0 Å². The Morgan fingerprint density at radius 2 is 1.76 bits per heavy atom. The molecule has 0 saturated heterocycles. The Kier molecular flexibility index (Phi) is 3.78. The van der Waals surface area contributed by atoms with Gasteiger partial charge in [0.05, 0.1) is 0 Å². The molecule has 0 aromatic heterocycles. The van der Waals surface area contributed by atoms with Gasteiger partial charge in [-0.15, -0.1) is 0 Å². The Balaban J connectivity index is 2.33. The molecule has 0 aliphatic rings. The molecule has 0 N–H and O–H groups in total. The molecule has 0 spiro atoms. The molecule has 2 heteroatoms. The molecular weight excluding hydrogens is 273 g/mol. The van der Waals surface area contributed by atoms with E-state index in [0.29, 0.717) is 0 Å². The fraction of sp³-hybridized carbons (Fsp3) is 0.133. The zero-order chi connectivity index (χ0) is 12.3. The van der Waals surface area contributed by atoms with Crippen molar-refractivity contribution >= 4 is 30.8 Å². The van der Waals surface area contributed by atoms with Gasteiger partial charge in [0.25, 0.3) is 0 Å². The van der Waals surface area contributed by atoms with E-state index >= 15 is 0 Å². The molecule has 2 rings (SSSR count). The van der Waals surface area contributed by atoms with Crippen molar-refractivity contribution in [2.24, 2.45) is 0 Å². The molecule has 17 heavy (non-hydrogen) atoms. The van der Waals surface area contributed by atoms with Gasteiger partial charge in [0, 0.05) is 0 Å². The van der Waals surface area contributed by atoms with Crippen LogP contribution in [0, 0.1) is 0 Å². The maximum atomic E-state index is 3.12. The number of rotatable bonds is 3. The van der Waals surface area contributed by atoms with Crippen molar-refractivity contribution in [1.82, 2.24) is 4.90 Å². The third-order valence-electron chi connectivity index (χ3n) is 2.56. The van der Waals surface area contributed by atoms with Crippen LogP contribution in [0.25, 0.3) is 10.8 Å². The van der Waals surface area contributed by atoms with Crippen LogP contribution in [0.2, 0.25) is 0 Å². The topological polar surface area (TPSA) is 3.24 Å². The van der Waals surface area contributed by atoms with E-state index < -0.39 is 0 Å². The second kappa shape index (κ2) is 5.31. The van der Waals surface area contributed by atoms with Crippen molar-refractivity contribution in [2.45, 2.75) is 0 Å². The number of hydrogen-bond acceptors (Lipinski definition) is 1. The maximum absolute atomic E-state index is 3.12. The first-order valence-corrected chi connectivity index (χ1v) is 6.40. The molecule has 0 unspecified atom stereocenters. The molecule has 0 aliphatic carbocycles. The second-order valence-corrected chi connectivity index (χ2v) is 5.13. The Hall–Kier alpha value is -1.37. The van der Waals surface area contributed by atoms with E-state index in [1.807, 2.05) is 25.2 Å². The van der Waals surface area contributed by atoms with Crippen LogP contribution in [0.15, 0.2) is 54.7 Å². The normalized spacial score (nSPS) is 10.9. The third-order valence-corrected chi connectivity index (χ3v) is 3.34. The van der Waals surface area contributed by atoms with Crippen LogP contribution in [-0.2, 0) is 0 Å². The molecule has 0 heterocycles. The van der Waals surface area contributed by atoms with Crippen molar-refractivity contribution in [3.8, 4) is 0 Å². The molecule has 0 fully saturated rings. The van der Waals surface area contributed by atoms with E-state index in [0.717, 1.165) is 4.42 Å². The second-order valence-electron chi connectivity index (χ2n) is 4.21. The first-order chi connectivity index (χ1) is 8.16. The standard InChI is InChI=1S/C15H15NSe/c1-16(2)10-9-15(17)14-8-7-12-5-3-4-6-13(12)11-14/h3-11H,1-2H3/b10-9+. The summed E-state index contributed by atoms with van der Waals surface area (Å²) >= 11 is 3.12. The van der Waals surface area contributed by atoms with Gasteiger partial charge in [-0.05, 0) is 0 Å². The summed E-state index contributed by atoms with van der Waals surface area (Å²) in [7, 11) is 4.04. The van der Waals surface area contributed by atoms with E-state index in [9.17, 15) is 0 Å². The summed E-state index contributed by atoms with van der Waals surface area (Å²) in [6.45, 7) is 0. The van der Waals surface area contributed by atoms with Gasteiger partial charge in [0.15, 0.2) is 0 Å². The number of benzene rings is 2. The fourth-order valence-corrected chi connectivity index (χ4v) is 2.05. The molecule has 0 aliphatic heterocycles. The van der Waals surface area contributed by atoms with Crippen LogP contribution in [0.1, 0.15) is 5.56 Å². The summed E-state index contributed by atoms with van der Waals surface area (Å²) in [5.74, 6) is 0. The van der Waals surface area contributed by atoms with Crippen molar-refractivity contribution in [3.63, 3.8) is 0 Å². The predicted molar refractivity (Wildman–Crippen MR) is 76.6 cm³/mol. The summed E-state index contributed by atoms with van der Waals surface area (Å²) in [6, 6.07) is 14.9. The molecule has 0 atom stereocenters. The first-order valence-electron chi connectivity index (χ1n) is 5.54. The van der Waals surface area contributed by atoms with E-state index in [1.165, 1.54) is 16.3 Å². The van der Waals surface area contributed by atoms with Gasteiger partial charge in [-0.25, -0.2) is 0 Å². The summed E-state index contributed by atoms with van der Waals surface area (Å²) < 4.78 is 1.16. The molecular formula is C15H15NSe. The number of hydrogen-bond donors (Lipinski definition) is 0. The van der Waals surface area contributed by atoms with Gasteiger partial charge in [0.1, 0.15) is 0 Å². The van der Waals surface area contributed by atoms with E-state index in [2.05, 4.69) is 64.1 Å². The predicted octanol–water partition coefficient (Wildman–Crippen LogP) is 2.60. The quantitative estimate of drug-likeness (QED) is 0.785. The average Bonchev–Trinajstić information content (AvgIpc) is 2.35. The van der Waals surface area contributed by atoms with Gasteiger partial charge < -0.3 is 0 Å². The molecule has 86 valence electrons. The molecule has 0 saturated carbocycles. The zero-order valence-corrected chi connectivity index (χ0v) is 11.8. The average molecular weight is 288 g/mol. The van der Waals surface area contributed by atoms with Gasteiger partial charge in [-0.3, -0.25) is 0 Å². The molecule has 1 nitrogen and oxygen atoms in total. The van der Waals surface area contributed by atoms with Crippen molar-refractivity contribution in [1.29, 1.82) is 0 Å². The van der Waals surface area contributed by atoms with E-state index in [1.54, 1.807) is 0 Å². The zero-order valence-electron chi connectivity index (χ0n) is 10.1. The third kappa shape index (κ3) is 3.06.